The average molecular weight is 139 g/mol. The fraction of sp³-hybridized carbons (Fsp3) is 0.500. The van der Waals surface area contributed by atoms with Crippen LogP contribution in [0.2, 0.25) is 0 Å². The summed E-state index contributed by atoms with van der Waals surface area (Å²) in [7, 11) is 0. The maximum absolute atomic E-state index is 10.9. The van der Waals surface area contributed by atoms with Crippen molar-refractivity contribution in [2.24, 2.45) is 0 Å². The van der Waals surface area contributed by atoms with Gasteiger partial charge in [-0.3, -0.25) is 15.0 Å². The van der Waals surface area contributed by atoms with Gasteiger partial charge in [0.15, 0.2) is 0 Å². The van der Waals surface area contributed by atoms with Crippen molar-refractivity contribution in [3.63, 3.8) is 0 Å². The topological polar surface area (TPSA) is 60.7 Å². The summed E-state index contributed by atoms with van der Waals surface area (Å²) in [5.74, 6) is 0.872. The number of hydrogen-bond acceptors (Lipinski definition) is 2. The van der Waals surface area contributed by atoms with E-state index in [4.69, 9.17) is 0 Å². The van der Waals surface area contributed by atoms with Crippen molar-refractivity contribution in [2.75, 3.05) is 11.9 Å². The molecule has 3 N–H and O–H groups in total. The summed E-state index contributed by atoms with van der Waals surface area (Å²) in [5.41, 5.74) is 0.883. The van der Waals surface area contributed by atoms with Crippen LogP contribution in [-0.2, 0) is 6.42 Å². The minimum absolute atomic E-state index is 0.0159. The standard InChI is InChI=1S/C6H9N3O/c10-6-4-2-1-3-7-5(4)8-9-6/h1-3H2,(H3,7,8,9,10). The van der Waals surface area contributed by atoms with Crippen LogP contribution in [0.15, 0.2) is 4.79 Å². The van der Waals surface area contributed by atoms with Crippen LogP contribution in [0, 0.1) is 0 Å². The molecule has 0 saturated heterocycles. The second kappa shape index (κ2) is 1.90. The zero-order chi connectivity index (χ0) is 6.97. The molecule has 0 atom stereocenters. The van der Waals surface area contributed by atoms with Crippen molar-refractivity contribution < 1.29 is 0 Å². The number of hydrogen-bond donors (Lipinski definition) is 3. The van der Waals surface area contributed by atoms with Crippen LogP contribution in [0.3, 0.4) is 0 Å². The van der Waals surface area contributed by atoms with Gasteiger partial charge in [-0.2, -0.15) is 0 Å². The van der Waals surface area contributed by atoms with Gasteiger partial charge in [0.05, 0.1) is 5.56 Å². The van der Waals surface area contributed by atoms with E-state index in [2.05, 4.69) is 15.5 Å². The highest BCUT2D eigenvalue weighted by molar-refractivity contribution is 5.44. The summed E-state index contributed by atoms with van der Waals surface area (Å²) in [6.07, 6.45) is 1.94. The van der Waals surface area contributed by atoms with Crippen molar-refractivity contribution in [1.29, 1.82) is 0 Å². The highest BCUT2D eigenvalue weighted by atomic mass is 16.1. The maximum Gasteiger partial charge on any atom is 0.269 e. The largest absolute Gasteiger partial charge is 0.370 e. The first kappa shape index (κ1) is 5.58. The maximum atomic E-state index is 10.9. The monoisotopic (exact) mass is 139 g/mol. The molecular weight excluding hydrogens is 130 g/mol. The molecule has 1 aliphatic heterocycles. The van der Waals surface area contributed by atoms with E-state index in [0.29, 0.717) is 0 Å². The Balaban J connectivity index is 2.55. The number of aromatic amines is 2. The van der Waals surface area contributed by atoms with Gasteiger partial charge in [-0.1, -0.05) is 0 Å². The zero-order valence-electron chi connectivity index (χ0n) is 5.53. The second-order valence-electron chi connectivity index (χ2n) is 2.46. The number of nitrogens with one attached hydrogen (secondary N) is 3. The van der Waals surface area contributed by atoms with E-state index in [-0.39, 0.29) is 5.56 Å². The Labute approximate surface area is 57.6 Å². The lowest BCUT2D eigenvalue weighted by Gasteiger charge is -2.10. The lowest BCUT2D eigenvalue weighted by atomic mass is 10.1. The van der Waals surface area contributed by atoms with Crippen LogP contribution in [0.5, 0.6) is 0 Å². The van der Waals surface area contributed by atoms with Crippen molar-refractivity contribution in [3.8, 4) is 0 Å². The Morgan fingerprint density at radius 2 is 2.20 bits per heavy atom. The molecule has 0 amide bonds. The quantitative estimate of drug-likeness (QED) is 0.476. The summed E-state index contributed by atoms with van der Waals surface area (Å²) < 4.78 is 0. The van der Waals surface area contributed by atoms with E-state index in [1.165, 1.54) is 0 Å². The number of H-pyrrole nitrogens is 2. The minimum atomic E-state index is 0.0159. The normalized spacial score (nSPS) is 16.0. The number of aromatic nitrogens is 2. The van der Waals surface area contributed by atoms with Gasteiger partial charge < -0.3 is 5.32 Å². The molecular formula is C6H9N3O. The van der Waals surface area contributed by atoms with Gasteiger partial charge in [-0.25, -0.2) is 0 Å². The molecule has 0 aromatic carbocycles. The lowest BCUT2D eigenvalue weighted by Crippen LogP contribution is -2.15. The predicted octanol–water partition coefficient (Wildman–Crippen LogP) is 0.0611. The summed E-state index contributed by atoms with van der Waals surface area (Å²) in [5, 5.41) is 8.41. The number of rotatable bonds is 0. The third-order valence-electron chi connectivity index (χ3n) is 1.78. The minimum Gasteiger partial charge on any atom is -0.370 e. The molecule has 1 aliphatic rings. The van der Waals surface area contributed by atoms with E-state index >= 15 is 0 Å². The van der Waals surface area contributed by atoms with E-state index < -0.39 is 0 Å². The van der Waals surface area contributed by atoms with Gasteiger partial charge in [-0.05, 0) is 12.8 Å². The number of anilines is 1. The molecule has 0 spiro atoms. The molecule has 4 nitrogen and oxygen atoms in total. The van der Waals surface area contributed by atoms with Crippen molar-refractivity contribution in [1.82, 2.24) is 10.2 Å². The molecule has 0 bridgehead atoms. The van der Waals surface area contributed by atoms with E-state index in [1.807, 2.05) is 0 Å². The molecule has 2 heterocycles. The van der Waals surface area contributed by atoms with Crippen LogP contribution in [0.25, 0.3) is 0 Å². The van der Waals surface area contributed by atoms with Crippen molar-refractivity contribution in [3.05, 3.63) is 15.9 Å². The molecule has 54 valence electrons. The second-order valence-corrected chi connectivity index (χ2v) is 2.46. The summed E-state index contributed by atoms with van der Waals surface area (Å²) in [6.45, 7) is 0.959. The fourth-order valence-corrected chi connectivity index (χ4v) is 1.25. The van der Waals surface area contributed by atoms with Gasteiger partial charge in [-0.15, -0.1) is 0 Å². The smallest absolute Gasteiger partial charge is 0.269 e. The summed E-state index contributed by atoms with van der Waals surface area (Å²) >= 11 is 0. The van der Waals surface area contributed by atoms with Gasteiger partial charge in [0.2, 0.25) is 0 Å². The highest BCUT2D eigenvalue weighted by Crippen LogP contribution is 2.13. The van der Waals surface area contributed by atoms with E-state index in [1.54, 1.807) is 0 Å². The first-order valence-electron chi connectivity index (χ1n) is 3.41. The molecule has 0 saturated carbocycles. The van der Waals surface area contributed by atoms with Gasteiger partial charge in [0.25, 0.3) is 5.56 Å². The van der Waals surface area contributed by atoms with E-state index in [9.17, 15) is 4.79 Å². The van der Waals surface area contributed by atoms with Crippen LogP contribution in [0.4, 0.5) is 5.82 Å². The molecule has 0 fully saturated rings. The zero-order valence-corrected chi connectivity index (χ0v) is 5.53. The van der Waals surface area contributed by atoms with Gasteiger partial charge in [0, 0.05) is 6.54 Å². The first-order chi connectivity index (χ1) is 4.88. The van der Waals surface area contributed by atoms with E-state index in [0.717, 1.165) is 30.8 Å². The Hall–Kier alpha value is -1.19. The Kier molecular flexibility index (Phi) is 1.06. The summed E-state index contributed by atoms with van der Waals surface area (Å²) in [6, 6.07) is 0. The average Bonchev–Trinajstić information content (AvgIpc) is 2.34. The Bertz CT molecular complexity index is 285. The van der Waals surface area contributed by atoms with Gasteiger partial charge in [0.1, 0.15) is 5.82 Å². The number of fused-ring (bicyclic) bond motifs is 1. The molecule has 0 radical (unpaired) electrons. The molecule has 1 aromatic heterocycles. The van der Waals surface area contributed by atoms with Crippen LogP contribution in [0.1, 0.15) is 12.0 Å². The Morgan fingerprint density at radius 1 is 1.30 bits per heavy atom. The van der Waals surface area contributed by atoms with Crippen molar-refractivity contribution >= 4 is 5.82 Å². The lowest BCUT2D eigenvalue weighted by molar-refractivity contribution is 0.824. The molecule has 10 heavy (non-hydrogen) atoms. The third-order valence-corrected chi connectivity index (χ3v) is 1.78. The van der Waals surface area contributed by atoms with Crippen molar-refractivity contribution in [2.45, 2.75) is 12.8 Å². The van der Waals surface area contributed by atoms with Crippen LogP contribution in [-0.4, -0.2) is 16.7 Å². The van der Waals surface area contributed by atoms with Crippen LogP contribution >= 0.6 is 0 Å². The van der Waals surface area contributed by atoms with Crippen LogP contribution < -0.4 is 10.9 Å². The third kappa shape index (κ3) is 0.650. The molecule has 0 aliphatic carbocycles. The highest BCUT2D eigenvalue weighted by Gasteiger charge is 2.12. The molecule has 2 rings (SSSR count). The molecule has 4 heteroatoms. The SMILES string of the molecule is O=c1[nH][nH]c2c1CCCN2. The first-order valence-corrected chi connectivity index (χ1v) is 3.41. The Morgan fingerprint density at radius 3 is 3.00 bits per heavy atom. The predicted molar refractivity (Wildman–Crippen MR) is 38.2 cm³/mol. The summed E-state index contributed by atoms with van der Waals surface area (Å²) in [4.78, 5) is 10.9. The van der Waals surface area contributed by atoms with Gasteiger partial charge >= 0.3 is 0 Å². The molecule has 1 aromatic rings. The molecule has 0 unspecified atom stereocenters. The fourth-order valence-electron chi connectivity index (χ4n) is 1.25.